The van der Waals surface area contributed by atoms with Crippen LogP contribution >= 0.6 is 0 Å². The summed E-state index contributed by atoms with van der Waals surface area (Å²) in [6.07, 6.45) is 8.36. The number of rotatable bonds is 5. The van der Waals surface area contributed by atoms with Crippen LogP contribution in [0.2, 0.25) is 0 Å². The van der Waals surface area contributed by atoms with Crippen LogP contribution in [0.5, 0.6) is 0 Å². The van der Waals surface area contributed by atoms with Gasteiger partial charge in [0, 0.05) is 34.9 Å². The van der Waals surface area contributed by atoms with Gasteiger partial charge in [-0.1, -0.05) is 13.3 Å². The second kappa shape index (κ2) is 7.64. The normalized spacial score (nSPS) is 20.1. The molecule has 1 aliphatic carbocycles. The van der Waals surface area contributed by atoms with Gasteiger partial charge in [-0.05, 0) is 57.2 Å². The van der Waals surface area contributed by atoms with Crippen LogP contribution in [0.1, 0.15) is 50.4 Å². The highest BCUT2D eigenvalue weighted by Crippen LogP contribution is 2.35. The Kier molecular flexibility index (Phi) is 5.07. The molecule has 0 unspecified atom stereocenters. The summed E-state index contributed by atoms with van der Waals surface area (Å²) in [6, 6.07) is 7.01. The summed E-state index contributed by atoms with van der Waals surface area (Å²) in [5.74, 6) is 0. The second-order valence-corrected chi connectivity index (χ2v) is 7.67. The van der Waals surface area contributed by atoms with Gasteiger partial charge in [-0.2, -0.15) is 10.2 Å². The van der Waals surface area contributed by atoms with Crippen molar-refractivity contribution in [2.75, 3.05) is 5.32 Å². The number of anilines is 1. The number of nitrogens with zero attached hydrogens (tertiary/aromatic N) is 3. The van der Waals surface area contributed by atoms with Gasteiger partial charge in [0.1, 0.15) is 5.65 Å². The van der Waals surface area contributed by atoms with E-state index in [1.54, 1.807) is 0 Å². The van der Waals surface area contributed by atoms with Gasteiger partial charge >= 0.3 is 0 Å². The van der Waals surface area contributed by atoms with Crippen molar-refractivity contribution in [3.05, 3.63) is 35.8 Å². The molecule has 6 heteroatoms. The molecular formula is C21H28N6. The standard InChI is InChI=1S/C21H28N6/c1-3-4-16-11-17-20(24-15-8-6-14(22)7-9-15)18(12-23-21(17)25-16)19-10-5-13(2)26-27-19/h5,10-12,14-15H,3-4,6-9,22H2,1-2H3,(H2,23,24,25)/t14-,15-. The SMILES string of the molecule is CCCc1cc2c(N[C@H]3CC[C@H](N)CC3)c(-c3ccc(C)nn3)cnc2[nH]1. The summed E-state index contributed by atoms with van der Waals surface area (Å²) in [4.78, 5) is 8.13. The maximum atomic E-state index is 6.09. The molecule has 3 heterocycles. The van der Waals surface area contributed by atoms with Crippen LogP contribution in [0.15, 0.2) is 24.4 Å². The number of hydrogen-bond donors (Lipinski definition) is 3. The lowest BCUT2D eigenvalue weighted by molar-refractivity contribution is 0.411. The van der Waals surface area contributed by atoms with E-state index in [1.165, 1.54) is 5.69 Å². The van der Waals surface area contributed by atoms with E-state index in [2.05, 4.69) is 38.5 Å². The number of nitrogens with one attached hydrogen (secondary N) is 2. The van der Waals surface area contributed by atoms with Gasteiger partial charge in [0.25, 0.3) is 0 Å². The van der Waals surface area contributed by atoms with Crippen molar-refractivity contribution in [1.82, 2.24) is 20.2 Å². The average molecular weight is 364 g/mol. The molecule has 0 spiro atoms. The molecule has 1 aliphatic rings. The van der Waals surface area contributed by atoms with E-state index in [1.807, 2.05) is 25.3 Å². The number of aryl methyl sites for hydroxylation is 2. The first-order chi connectivity index (χ1) is 13.1. The Hall–Kier alpha value is -2.47. The predicted octanol–water partition coefficient (Wildman–Crippen LogP) is 3.96. The van der Waals surface area contributed by atoms with E-state index in [0.717, 1.165) is 72.2 Å². The lowest BCUT2D eigenvalue weighted by Gasteiger charge is -2.28. The number of H-pyrrole nitrogens is 1. The number of hydrogen-bond acceptors (Lipinski definition) is 5. The van der Waals surface area contributed by atoms with E-state index in [0.29, 0.717) is 12.1 Å². The molecule has 1 saturated carbocycles. The Bertz CT molecular complexity index is 906. The zero-order valence-corrected chi connectivity index (χ0v) is 16.1. The van der Waals surface area contributed by atoms with Crippen LogP contribution in [0.25, 0.3) is 22.3 Å². The van der Waals surface area contributed by atoms with Crippen molar-refractivity contribution in [2.24, 2.45) is 5.73 Å². The van der Waals surface area contributed by atoms with Crippen molar-refractivity contribution in [2.45, 2.75) is 64.5 Å². The molecule has 3 aromatic heterocycles. The van der Waals surface area contributed by atoms with Crippen molar-refractivity contribution >= 4 is 16.7 Å². The van der Waals surface area contributed by atoms with Gasteiger partial charge in [-0.3, -0.25) is 0 Å². The minimum absolute atomic E-state index is 0.339. The van der Waals surface area contributed by atoms with Crippen LogP contribution in [0.4, 0.5) is 5.69 Å². The third-order valence-electron chi connectivity index (χ3n) is 5.43. The molecule has 27 heavy (non-hydrogen) atoms. The van der Waals surface area contributed by atoms with E-state index < -0.39 is 0 Å². The Morgan fingerprint density at radius 2 is 2.00 bits per heavy atom. The summed E-state index contributed by atoms with van der Waals surface area (Å²) >= 11 is 0. The molecule has 4 N–H and O–H groups in total. The maximum Gasteiger partial charge on any atom is 0.139 e. The topological polar surface area (TPSA) is 92.5 Å². The second-order valence-electron chi connectivity index (χ2n) is 7.67. The summed E-state index contributed by atoms with van der Waals surface area (Å²) in [6.45, 7) is 4.14. The number of fused-ring (bicyclic) bond motifs is 1. The largest absolute Gasteiger partial charge is 0.381 e. The Balaban J connectivity index is 1.77. The molecule has 0 saturated heterocycles. The highest BCUT2D eigenvalue weighted by atomic mass is 15.1. The molecule has 0 aliphatic heterocycles. The fourth-order valence-electron chi connectivity index (χ4n) is 3.89. The first kappa shape index (κ1) is 17.9. The van der Waals surface area contributed by atoms with Gasteiger partial charge in [0.05, 0.1) is 17.1 Å². The molecule has 1 fully saturated rings. The Labute approximate surface area is 160 Å². The van der Waals surface area contributed by atoms with Gasteiger partial charge in [-0.15, -0.1) is 0 Å². The van der Waals surface area contributed by atoms with Gasteiger partial charge in [-0.25, -0.2) is 4.98 Å². The van der Waals surface area contributed by atoms with Crippen molar-refractivity contribution in [3.8, 4) is 11.3 Å². The fraction of sp³-hybridized carbons (Fsp3) is 0.476. The summed E-state index contributed by atoms with van der Waals surface area (Å²) in [5.41, 5.74) is 12.1. The highest BCUT2D eigenvalue weighted by Gasteiger charge is 2.22. The fourth-order valence-corrected chi connectivity index (χ4v) is 3.89. The number of aromatic nitrogens is 4. The predicted molar refractivity (Wildman–Crippen MR) is 110 cm³/mol. The minimum atomic E-state index is 0.339. The van der Waals surface area contributed by atoms with E-state index in [9.17, 15) is 0 Å². The Morgan fingerprint density at radius 3 is 2.70 bits per heavy atom. The number of pyridine rings is 1. The summed E-state index contributed by atoms with van der Waals surface area (Å²) in [7, 11) is 0. The minimum Gasteiger partial charge on any atom is -0.381 e. The van der Waals surface area contributed by atoms with E-state index in [4.69, 9.17) is 5.73 Å². The Morgan fingerprint density at radius 1 is 1.19 bits per heavy atom. The molecule has 0 radical (unpaired) electrons. The lowest BCUT2D eigenvalue weighted by Crippen LogP contribution is -2.33. The van der Waals surface area contributed by atoms with Gasteiger partial charge < -0.3 is 16.0 Å². The molecule has 6 nitrogen and oxygen atoms in total. The summed E-state index contributed by atoms with van der Waals surface area (Å²) < 4.78 is 0. The highest BCUT2D eigenvalue weighted by molar-refractivity contribution is 5.98. The zero-order valence-electron chi connectivity index (χ0n) is 16.1. The smallest absolute Gasteiger partial charge is 0.139 e. The van der Waals surface area contributed by atoms with Gasteiger partial charge in [0.2, 0.25) is 0 Å². The third kappa shape index (κ3) is 3.81. The first-order valence-corrected chi connectivity index (χ1v) is 9.97. The lowest BCUT2D eigenvalue weighted by atomic mass is 9.91. The van der Waals surface area contributed by atoms with E-state index >= 15 is 0 Å². The van der Waals surface area contributed by atoms with Crippen LogP contribution in [-0.4, -0.2) is 32.2 Å². The molecule has 3 aromatic rings. The van der Waals surface area contributed by atoms with Crippen molar-refractivity contribution in [3.63, 3.8) is 0 Å². The number of nitrogens with two attached hydrogens (primary N) is 1. The third-order valence-corrected chi connectivity index (χ3v) is 5.43. The van der Waals surface area contributed by atoms with Crippen molar-refractivity contribution < 1.29 is 0 Å². The number of aromatic amines is 1. The molecule has 142 valence electrons. The van der Waals surface area contributed by atoms with Crippen LogP contribution in [0.3, 0.4) is 0 Å². The molecule has 0 amide bonds. The van der Waals surface area contributed by atoms with Crippen LogP contribution in [-0.2, 0) is 6.42 Å². The maximum absolute atomic E-state index is 6.09. The zero-order chi connectivity index (χ0) is 18.8. The van der Waals surface area contributed by atoms with Crippen LogP contribution < -0.4 is 11.1 Å². The van der Waals surface area contributed by atoms with E-state index in [-0.39, 0.29) is 0 Å². The average Bonchev–Trinajstić information content (AvgIpc) is 3.08. The quantitative estimate of drug-likeness (QED) is 0.637. The molecular weight excluding hydrogens is 336 g/mol. The molecule has 0 aromatic carbocycles. The molecule has 0 atom stereocenters. The monoisotopic (exact) mass is 364 g/mol. The van der Waals surface area contributed by atoms with Crippen LogP contribution in [0, 0.1) is 6.92 Å². The van der Waals surface area contributed by atoms with Crippen molar-refractivity contribution in [1.29, 1.82) is 0 Å². The molecule has 0 bridgehead atoms. The summed E-state index contributed by atoms with van der Waals surface area (Å²) in [5, 5.41) is 13.6. The molecule has 4 rings (SSSR count). The first-order valence-electron chi connectivity index (χ1n) is 9.97. The van der Waals surface area contributed by atoms with Gasteiger partial charge in [0.15, 0.2) is 0 Å².